The van der Waals surface area contributed by atoms with Crippen molar-refractivity contribution in [3.8, 4) is 0 Å². The summed E-state index contributed by atoms with van der Waals surface area (Å²) in [5, 5.41) is 10.1. The molecular weight excluding hydrogens is 352 g/mol. The van der Waals surface area contributed by atoms with Crippen LogP contribution >= 0.6 is 0 Å². The van der Waals surface area contributed by atoms with Gasteiger partial charge in [-0.1, -0.05) is 32.1 Å². The second-order valence-electron chi connectivity index (χ2n) is 8.73. The molecule has 0 heterocycles. The smallest absolute Gasteiger partial charge is 0.223 e. The highest BCUT2D eigenvalue weighted by Crippen LogP contribution is 2.26. The van der Waals surface area contributed by atoms with Crippen molar-refractivity contribution in [2.45, 2.75) is 102 Å². The molecule has 3 saturated carbocycles. The van der Waals surface area contributed by atoms with E-state index in [-0.39, 0.29) is 11.8 Å². The van der Waals surface area contributed by atoms with Crippen molar-refractivity contribution in [2.24, 2.45) is 10.9 Å². The summed E-state index contributed by atoms with van der Waals surface area (Å²) in [6.45, 7) is 4.31. The Morgan fingerprint density at radius 3 is 2.43 bits per heavy atom. The summed E-state index contributed by atoms with van der Waals surface area (Å²) >= 11 is 0. The van der Waals surface area contributed by atoms with E-state index in [1.165, 1.54) is 38.5 Å². The highest BCUT2D eigenvalue weighted by molar-refractivity contribution is 5.81. The number of nitrogens with zero attached hydrogens (tertiary/aromatic N) is 1. The van der Waals surface area contributed by atoms with Crippen LogP contribution in [0.4, 0.5) is 0 Å². The number of hydrogen-bond donors (Lipinski definition) is 3. The SMILES string of the molecule is CCNC(=NCCOC1CCCCCC1)NC1CCCC(C(=O)NC2CC2)C1. The maximum atomic E-state index is 12.4. The number of nitrogens with one attached hydrogen (secondary N) is 3. The molecule has 6 nitrogen and oxygen atoms in total. The molecule has 28 heavy (non-hydrogen) atoms. The third kappa shape index (κ3) is 7.61. The Labute approximate surface area is 170 Å². The number of guanidine groups is 1. The van der Waals surface area contributed by atoms with Crippen molar-refractivity contribution in [3.05, 3.63) is 0 Å². The van der Waals surface area contributed by atoms with Crippen LogP contribution in [0.15, 0.2) is 4.99 Å². The monoisotopic (exact) mass is 392 g/mol. The standard InChI is InChI=1S/C22H40N4O2/c1-2-23-22(24-14-15-28-20-10-5-3-4-6-11-20)26-19-9-7-8-17(16-19)21(27)25-18-12-13-18/h17-20H,2-16H2,1H3,(H,25,27)(H2,23,24,26). The predicted molar refractivity (Wildman–Crippen MR) is 113 cm³/mol. The zero-order valence-corrected chi connectivity index (χ0v) is 17.7. The fourth-order valence-corrected chi connectivity index (χ4v) is 4.40. The molecule has 0 aromatic heterocycles. The number of carbonyl (C=O) groups excluding carboxylic acids is 1. The Balaban J connectivity index is 1.40. The lowest BCUT2D eigenvalue weighted by molar-refractivity contribution is -0.126. The molecule has 0 radical (unpaired) electrons. The van der Waals surface area contributed by atoms with Crippen LogP contribution < -0.4 is 16.0 Å². The zero-order chi connectivity index (χ0) is 19.6. The van der Waals surface area contributed by atoms with Gasteiger partial charge in [0.25, 0.3) is 0 Å². The maximum Gasteiger partial charge on any atom is 0.223 e. The minimum Gasteiger partial charge on any atom is -0.376 e. The molecule has 0 aromatic rings. The molecular formula is C22H40N4O2. The van der Waals surface area contributed by atoms with Gasteiger partial charge in [0.05, 0.1) is 19.3 Å². The van der Waals surface area contributed by atoms with Gasteiger partial charge in [-0.15, -0.1) is 0 Å². The van der Waals surface area contributed by atoms with E-state index >= 15 is 0 Å². The third-order valence-electron chi connectivity index (χ3n) is 6.17. The lowest BCUT2D eigenvalue weighted by Gasteiger charge is -2.30. The number of ether oxygens (including phenoxy) is 1. The number of hydrogen-bond acceptors (Lipinski definition) is 3. The van der Waals surface area contributed by atoms with Crippen LogP contribution in [0.5, 0.6) is 0 Å². The summed E-state index contributed by atoms with van der Waals surface area (Å²) in [4.78, 5) is 17.1. The fourth-order valence-electron chi connectivity index (χ4n) is 4.40. The Morgan fingerprint density at radius 1 is 0.929 bits per heavy atom. The Hall–Kier alpha value is -1.30. The van der Waals surface area contributed by atoms with Crippen LogP contribution in [0.25, 0.3) is 0 Å². The van der Waals surface area contributed by atoms with Gasteiger partial charge in [-0.2, -0.15) is 0 Å². The zero-order valence-electron chi connectivity index (χ0n) is 17.7. The summed E-state index contributed by atoms with van der Waals surface area (Å²) in [7, 11) is 0. The normalized spacial score (nSPS) is 27.1. The average Bonchev–Trinajstić information content (AvgIpc) is 3.53. The van der Waals surface area contributed by atoms with Gasteiger partial charge >= 0.3 is 0 Å². The van der Waals surface area contributed by atoms with Crippen molar-refractivity contribution < 1.29 is 9.53 Å². The van der Waals surface area contributed by atoms with E-state index in [2.05, 4.69) is 22.9 Å². The highest BCUT2D eigenvalue weighted by Gasteiger charge is 2.31. The molecule has 3 aliphatic carbocycles. The average molecular weight is 393 g/mol. The van der Waals surface area contributed by atoms with Crippen LogP contribution in [0.1, 0.15) is 84.0 Å². The van der Waals surface area contributed by atoms with Gasteiger partial charge in [-0.05, 0) is 51.9 Å². The first-order valence-corrected chi connectivity index (χ1v) is 11.7. The van der Waals surface area contributed by atoms with E-state index in [1.54, 1.807) is 0 Å². The van der Waals surface area contributed by atoms with E-state index in [1.807, 2.05) is 0 Å². The first-order chi connectivity index (χ1) is 13.7. The molecule has 3 rings (SSSR count). The Kier molecular flexibility index (Phi) is 8.90. The molecule has 3 fully saturated rings. The predicted octanol–water partition coefficient (Wildman–Crippen LogP) is 3.12. The summed E-state index contributed by atoms with van der Waals surface area (Å²) in [5.41, 5.74) is 0. The van der Waals surface area contributed by atoms with Crippen molar-refractivity contribution in [2.75, 3.05) is 19.7 Å². The minimum atomic E-state index is 0.147. The summed E-state index contributed by atoms with van der Waals surface area (Å²) < 4.78 is 6.06. The van der Waals surface area contributed by atoms with Crippen molar-refractivity contribution in [1.29, 1.82) is 0 Å². The topological polar surface area (TPSA) is 74.8 Å². The molecule has 0 aliphatic heterocycles. The van der Waals surface area contributed by atoms with Crippen molar-refractivity contribution >= 4 is 11.9 Å². The van der Waals surface area contributed by atoms with Gasteiger partial charge in [0, 0.05) is 24.5 Å². The maximum absolute atomic E-state index is 12.4. The van der Waals surface area contributed by atoms with E-state index in [9.17, 15) is 4.79 Å². The van der Waals surface area contributed by atoms with Crippen molar-refractivity contribution in [3.63, 3.8) is 0 Å². The van der Waals surface area contributed by atoms with E-state index < -0.39 is 0 Å². The number of aliphatic imine (C=N–C) groups is 1. The largest absolute Gasteiger partial charge is 0.376 e. The first-order valence-electron chi connectivity index (χ1n) is 11.7. The van der Waals surface area contributed by atoms with Crippen molar-refractivity contribution in [1.82, 2.24) is 16.0 Å². The highest BCUT2D eigenvalue weighted by atomic mass is 16.5. The fraction of sp³-hybridized carbons (Fsp3) is 0.909. The van der Waals surface area contributed by atoms with E-state index in [4.69, 9.17) is 9.73 Å². The number of carbonyl (C=O) groups is 1. The minimum absolute atomic E-state index is 0.147. The van der Waals surface area contributed by atoms with Gasteiger partial charge in [0.15, 0.2) is 5.96 Å². The number of amides is 1. The molecule has 2 atom stereocenters. The molecule has 0 aromatic carbocycles. The molecule has 0 spiro atoms. The Morgan fingerprint density at radius 2 is 1.71 bits per heavy atom. The molecule has 1 amide bonds. The van der Waals surface area contributed by atoms with Crippen LogP contribution in [0.3, 0.4) is 0 Å². The van der Waals surface area contributed by atoms with E-state index in [0.717, 1.165) is 51.0 Å². The van der Waals surface area contributed by atoms with Gasteiger partial charge in [-0.25, -0.2) is 0 Å². The summed E-state index contributed by atoms with van der Waals surface area (Å²) in [6.07, 6.45) is 14.6. The molecule has 0 saturated heterocycles. The van der Waals surface area contributed by atoms with Gasteiger partial charge in [-0.3, -0.25) is 9.79 Å². The molecule has 3 aliphatic rings. The van der Waals surface area contributed by atoms with Crippen LogP contribution in [0.2, 0.25) is 0 Å². The molecule has 6 heteroatoms. The quantitative estimate of drug-likeness (QED) is 0.257. The first kappa shape index (κ1) is 21.4. The lowest BCUT2D eigenvalue weighted by atomic mass is 9.85. The number of rotatable bonds is 8. The Bertz CT molecular complexity index is 499. The van der Waals surface area contributed by atoms with Crippen LogP contribution in [0, 0.1) is 5.92 Å². The lowest BCUT2D eigenvalue weighted by Crippen LogP contribution is -2.47. The molecule has 3 N–H and O–H groups in total. The van der Waals surface area contributed by atoms with Gasteiger partial charge in [0.2, 0.25) is 5.91 Å². The van der Waals surface area contributed by atoms with Gasteiger partial charge < -0.3 is 20.7 Å². The van der Waals surface area contributed by atoms with Crippen LogP contribution in [-0.2, 0) is 9.53 Å². The molecule has 160 valence electrons. The van der Waals surface area contributed by atoms with Crippen LogP contribution in [-0.4, -0.2) is 49.8 Å². The van der Waals surface area contributed by atoms with Gasteiger partial charge in [0.1, 0.15) is 0 Å². The second-order valence-corrected chi connectivity index (χ2v) is 8.73. The third-order valence-corrected chi connectivity index (χ3v) is 6.17. The summed E-state index contributed by atoms with van der Waals surface area (Å²) in [5.74, 6) is 1.27. The van der Waals surface area contributed by atoms with E-state index in [0.29, 0.717) is 31.3 Å². The molecule has 0 bridgehead atoms. The molecule has 2 unspecified atom stereocenters. The summed E-state index contributed by atoms with van der Waals surface area (Å²) in [6, 6.07) is 0.775. The second kappa shape index (κ2) is 11.6.